The van der Waals surface area contributed by atoms with Crippen molar-refractivity contribution in [1.82, 2.24) is 0 Å². The van der Waals surface area contributed by atoms with Crippen molar-refractivity contribution in [2.45, 2.75) is 105 Å². The van der Waals surface area contributed by atoms with Gasteiger partial charge < -0.3 is 14.5 Å². The third kappa shape index (κ3) is 8.68. The Bertz CT molecular complexity index is 1230. The van der Waals surface area contributed by atoms with Crippen LogP contribution < -0.4 is 4.90 Å². The van der Waals surface area contributed by atoms with E-state index in [1.165, 1.54) is 0 Å². The van der Waals surface area contributed by atoms with Gasteiger partial charge in [0, 0.05) is 29.4 Å². The Labute approximate surface area is 244 Å². The van der Waals surface area contributed by atoms with E-state index in [1.807, 2.05) is 52.8 Å². The second kappa shape index (κ2) is 13.7. The summed E-state index contributed by atoms with van der Waals surface area (Å²) < 4.78 is 19.4. The minimum Gasteiger partial charge on any atom is -0.477 e. The van der Waals surface area contributed by atoms with Crippen molar-refractivity contribution >= 4 is 36.3 Å². The van der Waals surface area contributed by atoms with E-state index >= 15 is 0 Å². The van der Waals surface area contributed by atoms with Crippen LogP contribution in [0.3, 0.4) is 0 Å². The second-order valence-electron chi connectivity index (χ2n) is 12.5. The van der Waals surface area contributed by atoms with Gasteiger partial charge in [-0.25, -0.2) is 4.79 Å². The van der Waals surface area contributed by atoms with E-state index in [0.29, 0.717) is 42.2 Å². The van der Waals surface area contributed by atoms with Gasteiger partial charge >= 0.3 is 5.97 Å². The highest BCUT2D eigenvalue weighted by atomic mass is 32.1. The van der Waals surface area contributed by atoms with Crippen LogP contribution in [0.25, 0.3) is 0 Å². The molecule has 0 radical (unpaired) electrons. The molecule has 2 aliphatic carbocycles. The van der Waals surface area contributed by atoms with E-state index in [0.717, 1.165) is 42.3 Å². The standard InChI is InChI=1S/C32H46NO5PS/c1-8-9-10-23(3)39(7,37)38-26-17-15-25(16-18-26)33(30(34)24-13-11-22(2)12-14-24)28-21-27(19-20-32(4,5)6)40-29(28)31(35)36/h8-10,21-22,24-26H,11-18H2,1-7H3,(H,35,36). The summed E-state index contributed by atoms with van der Waals surface area (Å²) in [5, 5.41) is 10.9. The first-order chi connectivity index (χ1) is 18.7. The summed E-state index contributed by atoms with van der Waals surface area (Å²) in [6, 6.07) is 1.66. The van der Waals surface area contributed by atoms with Gasteiger partial charge in [-0.15, -0.1) is 11.3 Å². The summed E-state index contributed by atoms with van der Waals surface area (Å²) in [7, 11) is -2.93. The minimum atomic E-state index is -2.93. The number of carbonyl (C=O) groups excluding carboxylic acids is 1. The molecule has 8 heteroatoms. The molecule has 0 saturated heterocycles. The maximum Gasteiger partial charge on any atom is 0.348 e. The molecule has 1 aromatic heterocycles. The van der Waals surface area contributed by atoms with Gasteiger partial charge in [0.25, 0.3) is 0 Å². The van der Waals surface area contributed by atoms with Gasteiger partial charge in [0.1, 0.15) is 4.88 Å². The first kappa shape index (κ1) is 32.4. The summed E-state index contributed by atoms with van der Waals surface area (Å²) in [6.45, 7) is 13.7. The highest BCUT2D eigenvalue weighted by molar-refractivity contribution is 7.62. The lowest BCUT2D eigenvalue weighted by Crippen LogP contribution is -2.47. The predicted molar refractivity (Wildman–Crippen MR) is 165 cm³/mol. The van der Waals surface area contributed by atoms with Crippen LogP contribution in [0.4, 0.5) is 5.69 Å². The quantitative estimate of drug-likeness (QED) is 0.187. The van der Waals surface area contributed by atoms with Crippen molar-refractivity contribution in [3.8, 4) is 11.8 Å². The highest BCUT2D eigenvalue weighted by Gasteiger charge is 2.38. The first-order valence-electron chi connectivity index (χ1n) is 14.5. The molecule has 220 valence electrons. The molecule has 1 atom stereocenters. The maximum atomic E-state index is 14.1. The number of carboxylic acid groups (broad SMARTS) is 1. The number of hydrogen-bond donors (Lipinski definition) is 1. The summed E-state index contributed by atoms with van der Waals surface area (Å²) in [5.41, 5.74) is 0.245. The monoisotopic (exact) mass is 587 g/mol. The molecular formula is C32H46NO5PS. The van der Waals surface area contributed by atoms with E-state index in [1.54, 1.807) is 17.6 Å². The number of rotatable bonds is 8. The van der Waals surface area contributed by atoms with Gasteiger partial charge in [0.2, 0.25) is 13.3 Å². The Morgan fingerprint density at radius 3 is 2.30 bits per heavy atom. The second-order valence-corrected chi connectivity index (χ2v) is 16.2. The SMILES string of the molecule is CC=CC=C(C)P(C)(=O)OC1CCC(N(C(=O)C2CCC(C)CC2)c2cc(C#CC(C)(C)C)sc2C(=O)O)CC1. The first-order valence-corrected chi connectivity index (χ1v) is 17.4. The Morgan fingerprint density at radius 1 is 1.12 bits per heavy atom. The normalized spacial score (nSPS) is 25.6. The van der Waals surface area contributed by atoms with Crippen molar-refractivity contribution in [2.24, 2.45) is 17.3 Å². The number of nitrogens with zero attached hydrogens (tertiary/aromatic N) is 1. The summed E-state index contributed by atoms with van der Waals surface area (Å²) >= 11 is 1.14. The van der Waals surface area contributed by atoms with Crippen molar-refractivity contribution in [1.29, 1.82) is 0 Å². The summed E-state index contributed by atoms with van der Waals surface area (Å²) in [5.74, 6) is 5.83. The van der Waals surface area contributed by atoms with Gasteiger partial charge in [0.15, 0.2) is 0 Å². The van der Waals surface area contributed by atoms with Crippen molar-refractivity contribution < 1.29 is 23.8 Å². The number of carbonyl (C=O) groups is 2. The molecule has 0 aromatic carbocycles. The lowest BCUT2D eigenvalue weighted by Gasteiger charge is -2.39. The molecule has 1 amide bonds. The Hall–Kier alpha value is -2.13. The summed E-state index contributed by atoms with van der Waals surface area (Å²) in [4.78, 5) is 29.1. The Balaban J connectivity index is 1.90. The van der Waals surface area contributed by atoms with Crippen LogP contribution in [0, 0.1) is 29.1 Å². The number of amides is 1. The molecule has 1 unspecified atom stereocenters. The largest absolute Gasteiger partial charge is 0.477 e. The molecule has 0 aliphatic heterocycles. The molecular weight excluding hydrogens is 541 g/mol. The Kier molecular flexibility index (Phi) is 11.1. The molecule has 2 fully saturated rings. The maximum absolute atomic E-state index is 14.1. The average Bonchev–Trinajstić information content (AvgIpc) is 3.31. The topological polar surface area (TPSA) is 83.9 Å². The van der Waals surface area contributed by atoms with Crippen LogP contribution in [0.5, 0.6) is 0 Å². The van der Waals surface area contributed by atoms with Gasteiger partial charge in [-0.3, -0.25) is 9.36 Å². The van der Waals surface area contributed by atoms with Gasteiger partial charge in [-0.05, 0) is 98.0 Å². The smallest absolute Gasteiger partial charge is 0.348 e. The van der Waals surface area contributed by atoms with Crippen LogP contribution in [0.2, 0.25) is 0 Å². The Morgan fingerprint density at radius 2 is 1.75 bits per heavy atom. The third-order valence-corrected chi connectivity index (χ3v) is 11.0. The fraction of sp³-hybridized carbons (Fsp3) is 0.625. The van der Waals surface area contributed by atoms with E-state index in [9.17, 15) is 19.3 Å². The molecule has 2 aliphatic rings. The van der Waals surface area contributed by atoms with Crippen molar-refractivity contribution in [2.75, 3.05) is 11.6 Å². The number of anilines is 1. The number of hydrogen-bond acceptors (Lipinski definition) is 5. The number of carboxylic acids is 1. The number of aromatic carboxylic acids is 1. The zero-order valence-electron chi connectivity index (χ0n) is 25.2. The average molecular weight is 588 g/mol. The van der Waals surface area contributed by atoms with E-state index < -0.39 is 13.3 Å². The fourth-order valence-corrected chi connectivity index (χ4v) is 7.52. The van der Waals surface area contributed by atoms with Gasteiger partial charge in [-0.1, -0.05) is 37.0 Å². The third-order valence-electron chi connectivity index (χ3n) is 7.86. The van der Waals surface area contributed by atoms with Crippen LogP contribution in [-0.2, 0) is 13.9 Å². The minimum absolute atomic E-state index is 0.0261. The molecule has 1 aromatic rings. The van der Waals surface area contributed by atoms with Gasteiger partial charge in [0.05, 0.1) is 16.7 Å². The van der Waals surface area contributed by atoms with E-state index in [4.69, 9.17) is 4.52 Å². The number of allylic oxidation sites excluding steroid dienone is 4. The van der Waals surface area contributed by atoms with E-state index in [2.05, 4.69) is 18.8 Å². The zero-order valence-corrected chi connectivity index (χ0v) is 26.9. The molecule has 6 nitrogen and oxygen atoms in total. The zero-order chi connectivity index (χ0) is 29.7. The molecule has 0 bridgehead atoms. The molecule has 1 heterocycles. The molecule has 3 rings (SSSR count). The fourth-order valence-electron chi connectivity index (χ4n) is 5.37. The molecule has 1 N–H and O–H groups in total. The van der Waals surface area contributed by atoms with Crippen molar-refractivity contribution in [3.05, 3.63) is 39.4 Å². The van der Waals surface area contributed by atoms with E-state index in [-0.39, 0.29) is 34.3 Å². The number of thiophene rings is 1. The summed E-state index contributed by atoms with van der Waals surface area (Å²) in [6.07, 6.45) is 11.7. The molecule has 2 saturated carbocycles. The predicted octanol–water partition coefficient (Wildman–Crippen LogP) is 8.72. The lowest BCUT2D eigenvalue weighted by molar-refractivity contribution is -0.124. The van der Waals surface area contributed by atoms with Crippen LogP contribution in [0.1, 0.15) is 107 Å². The van der Waals surface area contributed by atoms with Crippen molar-refractivity contribution in [3.63, 3.8) is 0 Å². The van der Waals surface area contributed by atoms with Gasteiger partial charge in [-0.2, -0.15) is 0 Å². The molecule has 0 spiro atoms. The van der Waals surface area contributed by atoms with Crippen LogP contribution in [-0.4, -0.2) is 35.8 Å². The van der Waals surface area contributed by atoms with Crippen LogP contribution in [0.15, 0.2) is 29.6 Å². The highest BCUT2D eigenvalue weighted by Crippen LogP contribution is 2.53. The molecule has 40 heavy (non-hydrogen) atoms. The lowest BCUT2D eigenvalue weighted by atomic mass is 9.81. The van der Waals surface area contributed by atoms with Crippen LogP contribution >= 0.6 is 18.7 Å².